The maximum absolute atomic E-state index is 13.1. The summed E-state index contributed by atoms with van der Waals surface area (Å²) in [5, 5.41) is 0. The topological polar surface area (TPSA) is 72.9 Å². The molecule has 0 fully saturated rings. The van der Waals surface area contributed by atoms with Crippen LogP contribution in [0.2, 0.25) is 0 Å². The fourth-order valence-corrected chi connectivity index (χ4v) is 2.75. The highest BCUT2D eigenvalue weighted by molar-refractivity contribution is 7.74. The molecule has 0 aliphatic carbocycles. The Hall–Kier alpha value is -1.90. The molecule has 130 valence electrons. The third-order valence-electron chi connectivity index (χ3n) is 3.14. The van der Waals surface area contributed by atoms with Crippen molar-refractivity contribution in [3.05, 3.63) is 24.3 Å². The van der Waals surface area contributed by atoms with Crippen molar-refractivity contribution >= 4 is 22.5 Å². The maximum Gasteiger partial charge on any atom is 0.329 e. The Labute approximate surface area is 135 Å². The third kappa shape index (κ3) is 5.66. The highest BCUT2D eigenvalue weighted by atomic mass is 32.2. The summed E-state index contributed by atoms with van der Waals surface area (Å²) in [5.74, 6) is -3.43. The number of thiol groups is 1. The molecule has 0 saturated heterocycles. The Balaban J connectivity index is 3.15. The Bertz CT molecular complexity index is 590. The fraction of sp³-hybridized carbons (Fsp3) is 0.500. The minimum atomic E-state index is -3.23. The van der Waals surface area contributed by atoms with Gasteiger partial charge in [0.1, 0.15) is 11.8 Å². The Morgan fingerprint density at radius 2 is 1.83 bits per heavy atom. The van der Waals surface area contributed by atoms with Crippen molar-refractivity contribution in [1.29, 1.82) is 0 Å². The number of esters is 1. The lowest BCUT2D eigenvalue weighted by atomic mass is 10.1. The Morgan fingerprint density at radius 3 is 2.22 bits per heavy atom. The molecule has 1 aromatic carbocycles. The summed E-state index contributed by atoms with van der Waals surface area (Å²) in [6, 6.07) is 4.49. The molecule has 9 heteroatoms. The molecule has 0 amide bonds. The van der Waals surface area contributed by atoms with Crippen molar-refractivity contribution in [3.8, 4) is 5.75 Å². The second-order valence-corrected chi connectivity index (χ2v) is 5.83. The molecule has 0 unspecified atom stereocenters. The van der Waals surface area contributed by atoms with E-state index in [0.29, 0.717) is 12.7 Å². The van der Waals surface area contributed by atoms with Gasteiger partial charge >= 0.3 is 5.97 Å². The number of hydrogen-bond donors (Lipinski definition) is 1. The smallest absolute Gasteiger partial charge is 0.329 e. The van der Waals surface area contributed by atoms with Crippen molar-refractivity contribution in [3.63, 3.8) is 0 Å². The van der Waals surface area contributed by atoms with Gasteiger partial charge in [-0.2, -0.15) is 0 Å². The number of benzene rings is 1. The zero-order valence-corrected chi connectivity index (χ0v) is 13.9. The maximum atomic E-state index is 13.1. The molecule has 23 heavy (non-hydrogen) atoms. The molecule has 0 N–H and O–H groups in total. The Kier molecular flexibility index (Phi) is 6.74. The van der Waals surface area contributed by atoms with Gasteiger partial charge in [-0.15, -0.1) is 0 Å². The van der Waals surface area contributed by atoms with E-state index in [2.05, 4.69) is 4.74 Å². The average Bonchev–Trinajstić information content (AvgIpc) is 2.49. The molecule has 0 saturated carbocycles. The number of anilines is 1. The van der Waals surface area contributed by atoms with E-state index in [0.717, 1.165) is 11.4 Å². The molecule has 0 bridgehead atoms. The number of hydrogen-bond acceptors (Lipinski definition) is 5. The normalized spacial score (nSPS) is 12.8. The minimum absolute atomic E-state index is 0.164. The summed E-state index contributed by atoms with van der Waals surface area (Å²) in [6.07, 6.45) is -1.02. The molecule has 6 nitrogen and oxygen atoms in total. The van der Waals surface area contributed by atoms with Crippen molar-refractivity contribution in [2.45, 2.75) is 31.7 Å². The SMILES string of the molecule is COC(=O)[C@H](CCC(C)(F)F)N(c1ccc(OC)cc1)[SH](=O)=O. The van der Waals surface area contributed by atoms with Gasteiger partial charge in [0.2, 0.25) is 16.8 Å². The van der Waals surface area contributed by atoms with E-state index in [1.165, 1.54) is 31.4 Å². The van der Waals surface area contributed by atoms with Gasteiger partial charge in [0.15, 0.2) is 0 Å². The molecule has 0 heterocycles. The van der Waals surface area contributed by atoms with Gasteiger partial charge in [-0.1, -0.05) is 0 Å². The number of carbonyl (C=O) groups is 1. The molecule has 1 atom stereocenters. The summed E-state index contributed by atoms with van der Waals surface area (Å²) < 4.78 is 59.6. The predicted octanol–water partition coefficient (Wildman–Crippen LogP) is 2.01. The molecule has 1 aromatic rings. The number of ether oxygens (including phenoxy) is 2. The first-order valence-electron chi connectivity index (χ1n) is 6.73. The number of carbonyl (C=O) groups excluding carboxylic acids is 1. The first kappa shape index (κ1) is 19.1. The van der Waals surface area contributed by atoms with E-state index in [4.69, 9.17) is 4.74 Å². The number of alkyl halides is 2. The van der Waals surface area contributed by atoms with Gasteiger partial charge in [0, 0.05) is 6.42 Å². The second-order valence-electron chi connectivity index (χ2n) is 4.93. The van der Waals surface area contributed by atoms with Crippen LogP contribution in [0.5, 0.6) is 5.75 Å². The molecular formula is C14H19F2NO5S. The third-order valence-corrected chi connectivity index (χ3v) is 4.00. The number of nitrogens with zero attached hydrogens (tertiary/aromatic N) is 1. The summed E-state index contributed by atoms with van der Waals surface area (Å²) >= 11 is 0. The van der Waals surface area contributed by atoms with Crippen molar-refractivity contribution in [2.24, 2.45) is 0 Å². The van der Waals surface area contributed by atoms with Gasteiger partial charge < -0.3 is 9.47 Å². The summed E-state index contributed by atoms with van der Waals surface area (Å²) in [6.45, 7) is 0.705. The van der Waals surface area contributed by atoms with Crippen LogP contribution in [0.25, 0.3) is 0 Å². The lowest BCUT2D eigenvalue weighted by molar-refractivity contribution is -0.142. The minimum Gasteiger partial charge on any atom is -0.497 e. The quantitative estimate of drug-likeness (QED) is 0.573. The fourth-order valence-electron chi connectivity index (χ4n) is 1.99. The molecule has 0 aromatic heterocycles. The van der Waals surface area contributed by atoms with Crippen molar-refractivity contribution in [2.75, 3.05) is 18.5 Å². The van der Waals surface area contributed by atoms with Crippen LogP contribution in [-0.2, 0) is 20.4 Å². The summed E-state index contributed by atoms with van der Waals surface area (Å²) in [4.78, 5) is 11.9. The highest BCUT2D eigenvalue weighted by Crippen LogP contribution is 2.27. The van der Waals surface area contributed by atoms with Crippen molar-refractivity contribution < 1.29 is 31.5 Å². The molecule has 0 aliphatic rings. The van der Waals surface area contributed by atoms with Gasteiger partial charge in [-0.05, 0) is 37.6 Å². The molecule has 0 radical (unpaired) electrons. The predicted molar refractivity (Wildman–Crippen MR) is 81.4 cm³/mol. The largest absolute Gasteiger partial charge is 0.497 e. The van der Waals surface area contributed by atoms with Crippen LogP contribution in [0.1, 0.15) is 19.8 Å². The first-order valence-corrected chi connectivity index (χ1v) is 7.86. The van der Waals surface area contributed by atoms with E-state index in [9.17, 15) is 22.0 Å². The van der Waals surface area contributed by atoms with Crippen molar-refractivity contribution in [1.82, 2.24) is 0 Å². The van der Waals surface area contributed by atoms with Gasteiger partial charge in [-0.3, -0.25) is 4.31 Å². The van der Waals surface area contributed by atoms with Crippen LogP contribution in [-0.4, -0.2) is 40.6 Å². The molecule has 0 spiro atoms. The van der Waals surface area contributed by atoms with Crippen LogP contribution in [0.4, 0.5) is 14.5 Å². The monoisotopic (exact) mass is 351 g/mol. The molecule has 1 rings (SSSR count). The zero-order chi connectivity index (χ0) is 17.6. The Morgan fingerprint density at radius 1 is 1.26 bits per heavy atom. The van der Waals surface area contributed by atoms with Crippen LogP contribution in [0.15, 0.2) is 24.3 Å². The van der Waals surface area contributed by atoms with Crippen LogP contribution >= 0.6 is 0 Å². The average molecular weight is 351 g/mol. The van der Waals surface area contributed by atoms with Crippen LogP contribution < -0.4 is 9.04 Å². The van der Waals surface area contributed by atoms with E-state index < -0.39 is 35.2 Å². The standard InChI is InChI=1S/C14H19F2NO5S/c1-14(15,16)9-8-12(13(18)22-3)17(23(19)20)10-4-6-11(21-2)7-5-10/h4-7,12,23H,8-9H2,1-3H3/t12-/m0/s1. The van der Waals surface area contributed by atoms with E-state index in [1.807, 2.05) is 0 Å². The van der Waals surface area contributed by atoms with Gasteiger partial charge in [-0.25, -0.2) is 22.0 Å². The van der Waals surface area contributed by atoms with Crippen LogP contribution in [0.3, 0.4) is 0 Å². The van der Waals surface area contributed by atoms with E-state index >= 15 is 0 Å². The lowest BCUT2D eigenvalue weighted by Crippen LogP contribution is -2.42. The highest BCUT2D eigenvalue weighted by Gasteiger charge is 2.33. The molecule has 0 aliphatic heterocycles. The second kappa shape index (κ2) is 8.09. The van der Waals surface area contributed by atoms with Crippen LogP contribution in [0, 0.1) is 0 Å². The zero-order valence-electron chi connectivity index (χ0n) is 13.0. The number of halogens is 2. The van der Waals surface area contributed by atoms with E-state index in [-0.39, 0.29) is 12.1 Å². The van der Waals surface area contributed by atoms with Gasteiger partial charge in [0.25, 0.3) is 0 Å². The summed E-state index contributed by atoms with van der Waals surface area (Å²) in [5.41, 5.74) is 0.164. The lowest BCUT2D eigenvalue weighted by Gasteiger charge is -2.27. The number of methoxy groups -OCH3 is 2. The first-order chi connectivity index (χ1) is 10.7. The summed E-state index contributed by atoms with van der Waals surface area (Å²) in [7, 11) is -0.713. The molecular weight excluding hydrogens is 332 g/mol. The van der Waals surface area contributed by atoms with E-state index in [1.54, 1.807) is 0 Å². The number of rotatable bonds is 8. The van der Waals surface area contributed by atoms with Gasteiger partial charge in [0.05, 0.1) is 19.9 Å².